The molecule has 0 spiro atoms. The van der Waals surface area contributed by atoms with E-state index in [0.29, 0.717) is 30.9 Å². The van der Waals surface area contributed by atoms with E-state index in [1.54, 1.807) is 13.0 Å². The number of ether oxygens (including phenoxy) is 1. The average Bonchev–Trinajstić information content (AvgIpc) is 2.73. The van der Waals surface area contributed by atoms with Gasteiger partial charge < -0.3 is 10.1 Å². The third-order valence-electron chi connectivity index (χ3n) is 4.85. The van der Waals surface area contributed by atoms with Crippen molar-refractivity contribution in [2.75, 3.05) is 19.7 Å². The summed E-state index contributed by atoms with van der Waals surface area (Å²) in [5.74, 6) is -0.506. The van der Waals surface area contributed by atoms with Gasteiger partial charge in [0.05, 0.1) is 29.9 Å². The summed E-state index contributed by atoms with van der Waals surface area (Å²) < 4.78 is 45.6. The molecule has 1 amide bonds. The van der Waals surface area contributed by atoms with Gasteiger partial charge in [-0.2, -0.15) is 4.31 Å². The quantitative estimate of drug-likeness (QED) is 0.693. The van der Waals surface area contributed by atoms with E-state index >= 15 is 0 Å². The molecule has 0 radical (unpaired) electrons. The zero-order valence-electron chi connectivity index (χ0n) is 16.5. The summed E-state index contributed by atoms with van der Waals surface area (Å²) >= 11 is 6.05. The van der Waals surface area contributed by atoms with Crippen LogP contribution in [0.1, 0.15) is 25.5 Å². The number of amides is 1. The van der Waals surface area contributed by atoms with Crippen LogP contribution in [-0.2, 0) is 21.4 Å². The summed E-state index contributed by atoms with van der Waals surface area (Å²) in [5.41, 5.74) is 0.552. The summed E-state index contributed by atoms with van der Waals surface area (Å²) in [7, 11) is -3.74. The Labute approximate surface area is 180 Å². The Morgan fingerprint density at radius 3 is 2.67 bits per heavy atom. The maximum Gasteiger partial charge on any atom is 0.243 e. The Morgan fingerprint density at radius 1 is 1.30 bits per heavy atom. The largest absolute Gasteiger partial charge is 0.494 e. The van der Waals surface area contributed by atoms with Gasteiger partial charge >= 0.3 is 0 Å². The molecule has 1 aromatic heterocycles. The van der Waals surface area contributed by atoms with Crippen molar-refractivity contribution in [2.24, 2.45) is 5.92 Å². The number of piperidine rings is 1. The van der Waals surface area contributed by atoms with E-state index in [-0.39, 0.29) is 41.4 Å². The fourth-order valence-electron chi connectivity index (χ4n) is 3.28. The fraction of sp³-hybridized carbons (Fsp3) is 0.400. The van der Waals surface area contributed by atoms with E-state index in [4.69, 9.17) is 16.3 Å². The van der Waals surface area contributed by atoms with Crippen LogP contribution in [0.25, 0.3) is 0 Å². The third kappa shape index (κ3) is 5.47. The number of pyridine rings is 1. The molecule has 2 aromatic rings. The molecule has 0 bridgehead atoms. The Morgan fingerprint density at radius 2 is 2.03 bits per heavy atom. The van der Waals surface area contributed by atoms with Crippen LogP contribution in [0.5, 0.6) is 5.75 Å². The van der Waals surface area contributed by atoms with Crippen molar-refractivity contribution in [1.29, 1.82) is 0 Å². The average molecular weight is 456 g/mol. The Kier molecular flexibility index (Phi) is 7.27. The van der Waals surface area contributed by atoms with Gasteiger partial charge in [-0.25, -0.2) is 12.8 Å². The van der Waals surface area contributed by atoms with Gasteiger partial charge in [-0.1, -0.05) is 11.6 Å². The van der Waals surface area contributed by atoms with E-state index in [1.807, 2.05) is 0 Å². The topological polar surface area (TPSA) is 88.6 Å². The predicted octanol–water partition coefficient (Wildman–Crippen LogP) is 2.99. The molecular formula is C20H23ClFN3O4S. The second kappa shape index (κ2) is 9.72. The predicted molar refractivity (Wildman–Crippen MR) is 110 cm³/mol. The van der Waals surface area contributed by atoms with Crippen molar-refractivity contribution in [3.63, 3.8) is 0 Å². The molecule has 0 saturated carbocycles. The van der Waals surface area contributed by atoms with Crippen LogP contribution in [-0.4, -0.2) is 43.3 Å². The van der Waals surface area contributed by atoms with Gasteiger partial charge in [-0.15, -0.1) is 0 Å². The Hall–Kier alpha value is -2.23. The lowest BCUT2D eigenvalue weighted by molar-refractivity contribution is -0.126. The minimum absolute atomic E-state index is 0.0729. The first-order valence-electron chi connectivity index (χ1n) is 9.61. The zero-order chi connectivity index (χ0) is 21.7. The molecule has 1 aliphatic heterocycles. The molecule has 1 aromatic carbocycles. The Bertz CT molecular complexity index is 994. The molecule has 0 aliphatic carbocycles. The monoisotopic (exact) mass is 455 g/mol. The molecule has 1 N–H and O–H groups in total. The van der Waals surface area contributed by atoms with Crippen molar-refractivity contribution in [2.45, 2.75) is 31.2 Å². The maximum atomic E-state index is 13.0. The first-order chi connectivity index (χ1) is 14.3. The Balaban J connectivity index is 1.59. The lowest BCUT2D eigenvalue weighted by atomic mass is 9.97. The summed E-state index contributed by atoms with van der Waals surface area (Å²) in [6, 6.07) is 7.21. The van der Waals surface area contributed by atoms with E-state index in [0.717, 1.165) is 6.20 Å². The van der Waals surface area contributed by atoms with Crippen LogP contribution < -0.4 is 10.1 Å². The highest BCUT2D eigenvalue weighted by atomic mass is 35.5. The van der Waals surface area contributed by atoms with Crippen LogP contribution in [0.2, 0.25) is 5.02 Å². The molecule has 2 heterocycles. The number of hydrogen-bond acceptors (Lipinski definition) is 5. The number of hydrogen-bond donors (Lipinski definition) is 1. The molecule has 1 saturated heterocycles. The van der Waals surface area contributed by atoms with Gasteiger partial charge in [-0.05, 0) is 44.0 Å². The lowest BCUT2D eigenvalue weighted by Gasteiger charge is -2.30. The SMILES string of the molecule is CCOc1cc(Cl)cc(S(=O)(=O)N2CCC(C(=O)NCc3ccc(F)cn3)CC2)c1. The summed E-state index contributed by atoms with van der Waals surface area (Å²) in [4.78, 5) is 16.4. The molecule has 0 atom stereocenters. The normalized spacial score (nSPS) is 15.7. The molecule has 3 rings (SSSR count). The highest BCUT2D eigenvalue weighted by molar-refractivity contribution is 7.89. The molecular weight excluding hydrogens is 433 g/mol. The van der Waals surface area contributed by atoms with Crippen molar-refractivity contribution in [3.8, 4) is 5.75 Å². The van der Waals surface area contributed by atoms with Gasteiger partial charge in [0.1, 0.15) is 11.6 Å². The van der Waals surface area contributed by atoms with Crippen molar-refractivity contribution >= 4 is 27.5 Å². The molecule has 30 heavy (non-hydrogen) atoms. The number of benzene rings is 1. The zero-order valence-corrected chi connectivity index (χ0v) is 18.0. The second-order valence-corrected chi connectivity index (χ2v) is 9.29. The number of carbonyl (C=O) groups excluding carboxylic acids is 1. The van der Waals surface area contributed by atoms with E-state index in [9.17, 15) is 17.6 Å². The highest BCUT2D eigenvalue weighted by Crippen LogP contribution is 2.29. The molecule has 0 unspecified atom stereocenters. The number of rotatable bonds is 7. The van der Waals surface area contributed by atoms with Crippen LogP contribution in [0, 0.1) is 11.7 Å². The van der Waals surface area contributed by atoms with Crippen molar-refractivity contribution in [1.82, 2.24) is 14.6 Å². The van der Waals surface area contributed by atoms with Crippen LogP contribution in [0.4, 0.5) is 4.39 Å². The van der Waals surface area contributed by atoms with E-state index in [1.165, 1.54) is 28.6 Å². The first-order valence-corrected chi connectivity index (χ1v) is 11.4. The number of nitrogens with one attached hydrogen (secondary N) is 1. The fourth-order valence-corrected chi connectivity index (χ4v) is 5.10. The minimum Gasteiger partial charge on any atom is -0.494 e. The highest BCUT2D eigenvalue weighted by Gasteiger charge is 2.32. The lowest BCUT2D eigenvalue weighted by Crippen LogP contribution is -2.42. The van der Waals surface area contributed by atoms with Crippen LogP contribution in [0.3, 0.4) is 0 Å². The van der Waals surface area contributed by atoms with Gasteiger partial charge in [-0.3, -0.25) is 9.78 Å². The standard InChI is InChI=1S/C20H23ClFN3O4S/c1-2-29-18-9-15(21)10-19(11-18)30(27,28)25-7-5-14(6-8-25)20(26)24-13-17-4-3-16(22)12-23-17/h3-4,9-12,14H,2,5-8,13H2,1H3,(H,24,26). The smallest absolute Gasteiger partial charge is 0.243 e. The molecule has 162 valence electrons. The van der Waals surface area contributed by atoms with Gasteiger partial charge in [0.15, 0.2) is 0 Å². The third-order valence-corrected chi connectivity index (χ3v) is 6.95. The number of aromatic nitrogens is 1. The van der Waals surface area contributed by atoms with E-state index < -0.39 is 15.8 Å². The van der Waals surface area contributed by atoms with Crippen molar-refractivity contribution < 1.29 is 22.3 Å². The van der Waals surface area contributed by atoms with Gasteiger partial charge in [0.2, 0.25) is 15.9 Å². The summed E-state index contributed by atoms with van der Waals surface area (Å²) in [5, 5.41) is 3.06. The summed E-state index contributed by atoms with van der Waals surface area (Å²) in [6.07, 6.45) is 1.90. The minimum atomic E-state index is -3.74. The van der Waals surface area contributed by atoms with Crippen LogP contribution in [0.15, 0.2) is 41.4 Å². The van der Waals surface area contributed by atoms with Gasteiger partial charge in [0.25, 0.3) is 0 Å². The summed E-state index contributed by atoms with van der Waals surface area (Å²) in [6.45, 7) is 2.85. The van der Waals surface area contributed by atoms with Gasteiger partial charge in [0, 0.05) is 30.1 Å². The van der Waals surface area contributed by atoms with Crippen molar-refractivity contribution in [3.05, 3.63) is 53.1 Å². The number of nitrogens with zero attached hydrogens (tertiary/aromatic N) is 2. The molecule has 1 aliphatic rings. The molecule has 10 heteroatoms. The first kappa shape index (κ1) is 22.5. The van der Waals surface area contributed by atoms with Crippen LogP contribution >= 0.6 is 11.6 Å². The number of carbonyl (C=O) groups is 1. The number of halogens is 2. The maximum absolute atomic E-state index is 13.0. The molecule has 7 nitrogen and oxygen atoms in total. The number of sulfonamides is 1. The van der Waals surface area contributed by atoms with E-state index in [2.05, 4.69) is 10.3 Å². The molecule has 1 fully saturated rings. The second-order valence-electron chi connectivity index (χ2n) is 6.92.